The van der Waals surface area contributed by atoms with E-state index in [2.05, 4.69) is 4.57 Å². The van der Waals surface area contributed by atoms with Gasteiger partial charge in [0.15, 0.2) is 0 Å². The topological polar surface area (TPSA) is 54.8 Å². The Kier molecular flexibility index (Phi) is 10.7. The lowest BCUT2D eigenvalue weighted by atomic mass is 9.94. The third-order valence-corrected chi connectivity index (χ3v) is 7.41. The molecule has 2 aromatic carbocycles. The molecule has 0 bridgehead atoms. The highest BCUT2D eigenvalue weighted by molar-refractivity contribution is 5.96. The summed E-state index contributed by atoms with van der Waals surface area (Å²) in [5, 5.41) is 0. The molecule has 4 rings (SSSR count). The fourth-order valence-corrected chi connectivity index (χ4v) is 5.29. The van der Waals surface area contributed by atoms with Gasteiger partial charge in [-0.2, -0.15) is 0 Å². The first-order chi connectivity index (χ1) is 19.0. The molecular weight excluding hydrogens is 493 g/mol. The van der Waals surface area contributed by atoms with Gasteiger partial charge in [-0.25, -0.2) is 4.39 Å². The minimum absolute atomic E-state index is 0.0304. The van der Waals surface area contributed by atoms with Gasteiger partial charge < -0.3 is 19.1 Å². The third-order valence-electron chi connectivity index (χ3n) is 7.41. The van der Waals surface area contributed by atoms with Crippen molar-refractivity contribution in [1.82, 2.24) is 14.4 Å². The third kappa shape index (κ3) is 8.27. The van der Waals surface area contributed by atoms with Crippen LogP contribution in [0.2, 0.25) is 0 Å². The highest BCUT2D eigenvalue weighted by atomic mass is 19.1. The van der Waals surface area contributed by atoms with Crippen LogP contribution in [0.25, 0.3) is 0 Å². The van der Waals surface area contributed by atoms with Crippen LogP contribution in [0.15, 0.2) is 72.9 Å². The van der Waals surface area contributed by atoms with Gasteiger partial charge in [-0.15, -0.1) is 0 Å². The summed E-state index contributed by atoms with van der Waals surface area (Å²) in [5.74, 6) is -0.419. The zero-order valence-electron chi connectivity index (χ0n) is 22.9. The quantitative estimate of drug-likeness (QED) is 0.257. The predicted molar refractivity (Wildman–Crippen MR) is 151 cm³/mol. The van der Waals surface area contributed by atoms with E-state index in [4.69, 9.17) is 4.74 Å². The molecule has 1 saturated carbocycles. The summed E-state index contributed by atoms with van der Waals surface area (Å²) in [7, 11) is 0. The number of benzene rings is 2. The van der Waals surface area contributed by atoms with E-state index in [0.717, 1.165) is 36.9 Å². The van der Waals surface area contributed by atoms with Gasteiger partial charge >= 0.3 is 0 Å². The monoisotopic (exact) mass is 533 g/mol. The molecule has 0 unspecified atom stereocenters. The fraction of sp³-hybridized carbons (Fsp3) is 0.438. The van der Waals surface area contributed by atoms with E-state index in [1.165, 1.54) is 18.6 Å². The van der Waals surface area contributed by atoms with Crippen LogP contribution in [0.4, 0.5) is 4.39 Å². The summed E-state index contributed by atoms with van der Waals surface area (Å²) in [6.45, 7) is 4.69. The second-order valence-corrected chi connectivity index (χ2v) is 10.2. The molecule has 208 valence electrons. The van der Waals surface area contributed by atoms with Crippen molar-refractivity contribution in [3.63, 3.8) is 0 Å². The van der Waals surface area contributed by atoms with Crippen LogP contribution in [0, 0.1) is 5.82 Å². The molecule has 1 fully saturated rings. The number of hydrogen-bond donors (Lipinski definition) is 0. The molecule has 1 heterocycles. The van der Waals surface area contributed by atoms with Crippen molar-refractivity contribution < 1.29 is 18.7 Å². The normalized spacial score (nSPS) is 13.8. The van der Waals surface area contributed by atoms with Gasteiger partial charge in [0.2, 0.25) is 5.91 Å². The minimum Gasteiger partial charge on any atom is -0.382 e. The Labute approximate surface area is 231 Å². The number of nitrogens with zero attached hydrogens (tertiary/aromatic N) is 3. The summed E-state index contributed by atoms with van der Waals surface area (Å²) in [4.78, 5) is 31.0. The summed E-state index contributed by atoms with van der Waals surface area (Å²) in [5.41, 5.74) is 2.60. The van der Waals surface area contributed by atoms with Crippen molar-refractivity contribution in [3.05, 3.63) is 95.6 Å². The molecule has 2 amide bonds. The van der Waals surface area contributed by atoms with Crippen LogP contribution in [0.1, 0.15) is 67.1 Å². The number of rotatable bonds is 13. The smallest absolute Gasteiger partial charge is 0.254 e. The van der Waals surface area contributed by atoms with Gasteiger partial charge in [0, 0.05) is 49.8 Å². The van der Waals surface area contributed by atoms with Crippen LogP contribution in [-0.2, 0) is 22.6 Å². The molecular formula is C32H40FN3O3. The van der Waals surface area contributed by atoms with E-state index >= 15 is 0 Å². The Hall–Kier alpha value is -3.45. The molecule has 1 aliphatic carbocycles. The first kappa shape index (κ1) is 28.6. The summed E-state index contributed by atoms with van der Waals surface area (Å²) >= 11 is 0. The van der Waals surface area contributed by atoms with Crippen molar-refractivity contribution in [2.45, 2.75) is 64.6 Å². The van der Waals surface area contributed by atoms with Gasteiger partial charge in [-0.1, -0.05) is 49.6 Å². The number of carbonyl (C=O) groups excluding carboxylic acids is 2. The zero-order valence-corrected chi connectivity index (χ0v) is 22.9. The minimum atomic E-state index is -0.253. The summed E-state index contributed by atoms with van der Waals surface area (Å²) in [6.07, 6.45) is 8.02. The lowest BCUT2D eigenvalue weighted by Crippen LogP contribution is -2.48. The fourth-order valence-electron chi connectivity index (χ4n) is 5.29. The van der Waals surface area contributed by atoms with Crippen molar-refractivity contribution >= 4 is 11.8 Å². The number of amides is 2. The van der Waals surface area contributed by atoms with Gasteiger partial charge in [0.25, 0.3) is 5.91 Å². The van der Waals surface area contributed by atoms with Crippen molar-refractivity contribution in [3.8, 4) is 0 Å². The SMILES string of the molecule is CCOCCCN(CC(=O)N(Cc1cccn1Cc1ccc(F)cc1)C1CCCCC1)C(=O)c1ccccc1. The molecule has 6 nitrogen and oxygen atoms in total. The van der Waals surface area contributed by atoms with E-state index in [9.17, 15) is 14.0 Å². The Morgan fingerprint density at radius 2 is 1.72 bits per heavy atom. The molecule has 0 atom stereocenters. The van der Waals surface area contributed by atoms with Crippen molar-refractivity contribution in [1.29, 1.82) is 0 Å². The zero-order chi connectivity index (χ0) is 27.5. The largest absolute Gasteiger partial charge is 0.382 e. The van der Waals surface area contributed by atoms with E-state index in [0.29, 0.717) is 44.8 Å². The first-order valence-electron chi connectivity index (χ1n) is 14.1. The highest BCUT2D eigenvalue weighted by Crippen LogP contribution is 2.25. The Balaban J connectivity index is 1.52. The molecule has 3 aromatic rings. The molecule has 0 N–H and O–H groups in total. The molecule has 1 aromatic heterocycles. The lowest BCUT2D eigenvalue weighted by Gasteiger charge is -2.36. The average molecular weight is 534 g/mol. The standard InChI is InChI=1S/C32H40FN3O3/c1-2-39-22-10-21-35(32(38)27-11-5-3-6-12-27)25-31(37)36(29-13-7-4-8-14-29)24-30-15-9-20-34(30)23-26-16-18-28(33)19-17-26/h3,5-6,9,11-12,15-20,29H,2,4,7-8,10,13-14,21-25H2,1H3. The van der Waals surface area contributed by atoms with Crippen LogP contribution in [0.5, 0.6) is 0 Å². The Bertz CT molecular complexity index is 1170. The van der Waals surface area contributed by atoms with Crippen LogP contribution >= 0.6 is 0 Å². The van der Waals surface area contributed by atoms with Gasteiger partial charge in [0.1, 0.15) is 12.4 Å². The molecule has 1 aliphatic rings. The number of halogens is 1. The van der Waals surface area contributed by atoms with E-state index < -0.39 is 0 Å². The maximum Gasteiger partial charge on any atom is 0.254 e. The molecule has 0 radical (unpaired) electrons. The van der Waals surface area contributed by atoms with Crippen LogP contribution < -0.4 is 0 Å². The second-order valence-electron chi connectivity index (χ2n) is 10.2. The predicted octanol–water partition coefficient (Wildman–Crippen LogP) is 5.91. The van der Waals surface area contributed by atoms with Gasteiger partial charge in [-0.05, 0) is 68.1 Å². The number of aromatic nitrogens is 1. The van der Waals surface area contributed by atoms with Crippen molar-refractivity contribution in [2.24, 2.45) is 0 Å². The maximum atomic E-state index is 14.0. The van der Waals surface area contributed by atoms with Gasteiger partial charge in [0.05, 0.1) is 6.54 Å². The van der Waals surface area contributed by atoms with Gasteiger partial charge in [-0.3, -0.25) is 9.59 Å². The number of carbonyl (C=O) groups is 2. The number of ether oxygens (including phenoxy) is 1. The molecule has 39 heavy (non-hydrogen) atoms. The average Bonchev–Trinajstić information content (AvgIpc) is 3.41. The second kappa shape index (κ2) is 14.6. The molecule has 0 spiro atoms. The van der Waals surface area contributed by atoms with Crippen LogP contribution in [-0.4, -0.2) is 58.5 Å². The maximum absolute atomic E-state index is 14.0. The van der Waals surface area contributed by atoms with E-state index in [-0.39, 0.29) is 30.2 Å². The first-order valence-corrected chi connectivity index (χ1v) is 14.1. The Morgan fingerprint density at radius 3 is 2.44 bits per heavy atom. The van der Waals surface area contributed by atoms with Crippen LogP contribution in [0.3, 0.4) is 0 Å². The number of hydrogen-bond acceptors (Lipinski definition) is 3. The Morgan fingerprint density at radius 1 is 0.974 bits per heavy atom. The highest BCUT2D eigenvalue weighted by Gasteiger charge is 2.29. The molecule has 0 aliphatic heterocycles. The van der Waals surface area contributed by atoms with E-state index in [1.807, 2.05) is 48.4 Å². The molecule has 7 heteroatoms. The lowest BCUT2D eigenvalue weighted by molar-refractivity contribution is -0.135. The summed E-state index contributed by atoms with van der Waals surface area (Å²) < 4.78 is 21.0. The van der Waals surface area contributed by atoms with E-state index in [1.54, 1.807) is 29.2 Å². The van der Waals surface area contributed by atoms with Crippen molar-refractivity contribution in [2.75, 3.05) is 26.3 Å². The molecule has 0 saturated heterocycles. The summed E-state index contributed by atoms with van der Waals surface area (Å²) in [6, 6.07) is 19.9.